The number of thiophene rings is 1. The summed E-state index contributed by atoms with van der Waals surface area (Å²) in [6, 6.07) is 20.2. The number of amides is 1. The highest BCUT2D eigenvalue weighted by Crippen LogP contribution is 2.28. The molecule has 0 spiro atoms. The van der Waals surface area contributed by atoms with Crippen LogP contribution in [0.3, 0.4) is 0 Å². The average Bonchev–Trinajstić information content (AvgIpc) is 3.46. The average molecular weight is 420 g/mol. The number of thioether (sulfide) groups is 1. The fourth-order valence-electron chi connectivity index (χ4n) is 3.06. The SMILES string of the molecule is O=C(NCc1ccccc1Cn1ccnc1)c1ccccc1SCc1cccs1. The van der Waals surface area contributed by atoms with Crippen LogP contribution in [-0.4, -0.2) is 15.5 Å². The second kappa shape index (κ2) is 9.58. The van der Waals surface area contributed by atoms with Gasteiger partial charge in [-0.2, -0.15) is 0 Å². The van der Waals surface area contributed by atoms with Gasteiger partial charge in [0.2, 0.25) is 0 Å². The van der Waals surface area contributed by atoms with Crippen molar-refractivity contribution < 1.29 is 4.79 Å². The normalized spacial score (nSPS) is 10.8. The summed E-state index contributed by atoms with van der Waals surface area (Å²) in [6.07, 6.45) is 5.52. The van der Waals surface area contributed by atoms with Gasteiger partial charge in [0.1, 0.15) is 0 Å². The van der Waals surface area contributed by atoms with Crippen LogP contribution in [0.15, 0.2) is 89.7 Å². The number of benzene rings is 2. The monoisotopic (exact) mass is 419 g/mol. The van der Waals surface area contributed by atoms with Crippen LogP contribution in [0.5, 0.6) is 0 Å². The van der Waals surface area contributed by atoms with Gasteiger partial charge in [-0.15, -0.1) is 23.1 Å². The van der Waals surface area contributed by atoms with E-state index in [1.165, 1.54) is 10.4 Å². The first-order valence-electron chi connectivity index (χ1n) is 9.34. The molecule has 6 heteroatoms. The molecule has 0 saturated carbocycles. The number of nitrogens with one attached hydrogen (secondary N) is 1. The van der Waals surface area contributed by atoms with E-state index in [4.69, 9.17) is 0 Å². The summed E-state index contributed by atoms with van der Waals surface area (Å²) in [5, 5.41) is 5.17. The molecule has 1 N–H and O–H groups in total. The molecule has 146 valence electrons. The third-order valence-electron chi connectivity index (χ3n) is 4.55. The minimum Gasteiger partial charge on any atom is -0.348 e. The second-order valence-corrected chi connectivity index (χ2v) is 8.60. The van der Waals surface area contributed by atoms with Crippen molar-refractivity contribution in [1.82, 2.24) is 14.9 Å². The molecule has 4 nitrogen and oxygen atoms in total. The molecule has 0 aliphatic carbocycles. The highest BCUT2D eigenvalue weighted by Gasteiger charge is 2.12. The number of hydrogen-bond donors (Lipinski definition) is 1. The van der Waals surface area contributed by atoms with E-state index < -0.39 is 0 Å². The Kier molecular flexibility index (Phi) is 6.44. The molecule has 2 heterocycles. The van der Waals surface area contributed by atoms with Crippen molar-refractivity contribution in [3.63, 3.8) is 0 Å². The van der Waals surface area contributed by atoms with Crippen LogP contribution in [0.2, 0.25) is 0 Å². The van der Waals surface area contributed by atoms with Gasteiger partial charge in [0, 0.05) is 41.0 Å². The molecule has 0 bridgehead atoms. The molecular formula is C23H21N3OS2. The Morgan fingerprint density at radius 1 is 1.03 bits per heavy atom. The lowest BCUT2D eigenvalue weighted by Gasteiger charge is -2.13. The number of aromatic nitrogens is 2. The maximum absolute atomic E-state index is 12.9. The van der Waals surface area contributed by atoms with Crippen LogP contribution in [-0.2, 0) is 18.8 Å². The highest BCUT2D eigenvalue weighted by molar-refractivity contribution is 7.98. The summed E-state index contributed by atoms with van der Waals surface area (Å²) < 4.78 is 2.02. The summed E-state index contributed by atoms with van der Waals surface area (Å²) in [7, 11) is 0. The minimum atomic E-state index is -0.0447. The first-order chi connectivity index (χ1) is 14.3. The predicted molar refractivity (Wildman–Crippen MR) is 119 cm³/mol. The second-order valence-electron chi connectivity index (χ2n) is 6.55. The molecule has 0 radical (unpaired) electrons. The van der Waals surface area contributed by atoms with Gasteiger partial charge in [0.05, 0.1) is 11.9 Å². The molecular weight excluding hydrogens is 398 g/mol. The van der Waals surface area contributed by atoms with Gasteiger partial charge in [-0.25, -0.2) is 4.98 Å². The van der Waals surface area contributed by atoms with Crippen LogP contribution in [0, 0.1) is 0 Å². The summed E-state index contributed by atoms with van der Waals surface area (Å²) in [5.41, 5.74) is 3.01. The number of rotatable bonds is 8. The van der Waals surface area contributed by atoms with Crippen LogP contribution in [0.25, 0.3) is 0 Å². The summed E-state index contributed by atoms with van der Waals surface area (Å²) in [5.74, 6) is 0.826. The van der Waals surface area contributed by atoms with Crippen LogP contribution < -0.4 is 5.32 Å². The van der Waals surface area contributed by atoms with Crippen molar-refractivity contribution in [2.45, 2.75) is 23.7 Å². The molecule has 0 saturated heterocycles. The zero-order chi connectivity index (χ0) is 19.9. The number of carbonyl (C=O) groups excluding carboxylic acids is 1. The predicted octanol–water partition coefficient (Wildman–Crippen LogP) is 5.22. The molecule has 4 rings (SSSR count). The molecule has 2 aromatic heterocycles. The quantitative estimate of drug-likeness (QED) is 0.399. The van der Waals surface area contributed by atoms with E-state index in [-0.39, 0.29) is 5.91 Å². The third-order valence-corrected chi connectivity index (χ3v) is 6.73. The zero-order valence-electron chi connectivity index (χ0n) is 15.8. The van der Waals surface area contributed by atoms with E-state index in [1.54, 1.807) is 35.6 Å². The van der Waals surface area contributed by atoms with Crippen molar-refractivity contribution in [3.8, 4) is 0 Å². The van der Waals surface area contributed by atoms with Crippen LogP contribution >= 0.6 is 23.1 Å². The van der Waals surface area contributed by atoms with E-state index in [0.29, 0.717) is 6.54 Å². The van der Waals surface area contributed by atoms with Gasteiger partial charge in [-0.05, 0) is 34.7 Å². The fraction of sp³-hybridized carbons (Fsp3) is 0.130. The van der Waals surface area contributed by atoms with Gasteiger partial charge in [-0.3, -0.25) is 4.79 Å². The molecule has 0 aliphatic rings. The van der Waals surface area contributed by atoms with Crippen molar-refractivity contribution in [3.05, 3.63) is 106 Å². The molecule has 1 amide bonds. The molecule has 0 aliphatic heterocycles. The van der Waals surface area contributed by atoms with Gasteiger partial charge in [0.15, 0.2) is 0 Å². The largest absolute Gasteiger partial charge is 0.348 e. The molecule has 0 fully saturated rings. The van der Waals surface area contributed by atoms with E-state index >= 15 is 0 Å². The van der Waals surface area contributed by atoms with Gasteiger partial charge < -0.3 is 9.88 Å². The smallest absolute Gasteiger partial charge is 0.252 e. The lowest BCUT2D eigenvalue weighted by Crippen LogP contribution is -2.24. The number of hydrogen-bond acceptors (Lipinski definition) is 4. The Balaban J connectivity index is 1.43. The summed E-state index contributed by atoms with van der Waals surface area (Å²) in [4.78, 5) is 19.3. The summed E-state index contributed by atoms with van der Waals surface area (Å²) >= 11 is 3.44. The molecule has 0 atom stereocenters. The maximum Gasteiger partial charge on any atom is 0.252 e. The van der Waals surface area contributed by atoms with Gasteiger partial charge in [-0.1, -0.05) is 42.5 Å². The van der Waals surface area contributed by atoms with Crippen LogP contribution in [0.1, 0.15) is 26.4 Å². The number of imidazole rings is 1. The van der Waals surface area contributed by atoms with Crippen molar-refractivity contribution in [2.75, 3.05) is 0 Å². The first-order valence-corrected chi connectivity index (χ1v) is 11.2. The van der Waals surface area contributed by atoms with Crippen molar-refractivity contribution >= 4 is 29.0 Å². The Hall–Kier alpha value is -2.83. The Morgan fingerprint density at radius 2 is 1.86 bits per heavy atom. The fourth-order valence-corrected chi connectivity index (χ4v) is 4.88. The molecule has 2 aromatic carbocycles. The molecule has 29 heavy (non-hydrogen) atoms. The van der Waals surface area contributed by atoms with E-state index in [1.807, 2.05) is 47.2 Å². The Bertz CT molecular complexity index is 1060. The highest BCUT2D eigenvalue weighted by atomic mass is 32.2. The summed E-state index contributed by atoms with van der Waals surface area (Å²) in [6.45, 7) is 1.23. The third kappa shape index (κ3) is 5.16. The number of nitrogens with zero attached hydrogens (tertiary/aromatic N) is 2. The Morgan fingerprint density at radius 3 is 2.66 bits per heavy atom. The Labute approximate surface area is 178 Å². The zero-order valence-corrected chi connectivity index (χ0v) is 17.5. The van der Waals surface area contributed by atoms with Crippen molar-refractivity contribution in [2.24, 2.45) is 0 Å². The van der Waals surface area contributed by atoms with Crippen molar-refractivity contribution in [1.29, 1.82) is 0 Å². The maximum atomic E-state index is 12.9. The lowest BCUT2D eigenvalue weighted by molar-refractivity contribution is 0.0948. The molecule has 4 aromatic rings. The van der Waals surface area contributed by atoms with Gasteiger partial charge >= 0.3 is 0 Å². The standard InChI is InChI=1S/C23H21N3OS2/c27-23(21-9-3-4-10-22(21)29-16-20-8-5-13-28-20)25-14-18-6-1-2-7-19(18)15-26-12-11-24-17-26/h1-13,17H,14-16H2,(H,25,27). The topological polar surface area (TPSA) is 46.9 Å². The lowest BCUT2D eigenvalue weighted by atomic mass is 10.1. The van der Waals surface area contributed by atoms with E-state index in [9.17, 15) is 4.79 Å². The van der Waals surface area contributed by atoms with Gasteiger partial charge in [0.25, 0.3) is 5.91 Å². The minimum absolute atomic E-state index is 0.0447. The van der Waals surface area contributed by atoms with Crippen LogP contribution in [0.4, 0.5) is 0 Å². The van der Waals surface area contributed by atoms with E-state index in [0.717, 1.165) is 28.3 Å². The first kappa shape index (κ1) is 19.5. The van der Waals surface area contributed by atoms with E-state index in [2.05, 4.69) is 39.9 Å². The number of carbonyl (C=O) groups is 1. The molecule has 0 unspecified atom stereocenters.